The van der Waals surface area contributed by atoms with Crippen LogP contribution in [-0.2, 0) is 9.47 Å². The van der Waals surface area contributed by atoms with Crippen LogP contribution < -0.4 is 17.2 Å². The molecular formula is C13H27N3O7. The predicted molar refractivity (Wildman–Crippen MR) is 77.8 cm³/mol. The minimum atomic E-state index is -1.39. The number of aliphatic hydroxyl groups excluding tert-OH is 5. The fraction of sp³-hybridized carbons (Fsp3) is 1.00. The number of ether oxygens (including phenoxy) is 2. The van der Waals surface area contributed by atoms with Crippen molar-refractivity contribution in [3.8, 4) is 0 Å². The van der Waals surface area contributed by atoms with Crippen molar-refractivity contribution in [2.45, 2.75) is 80.5 Å². The molecule has 0 spiro atoms. The summed E-state index contributed by atoms with van der Waals surface area (Å²) in [4.78, 5) is 0. The average molecular weight is 337 g/mol. The molecule has 1 saturated heterocycles. The van der Waals surface area contributed by atoms with Crippen LogP contribution in [0.2, 0.25) is 0 Å². The molecule has 2 fully saturated rings. The molecule has 0 aromatic rings. The second-order valence-corrected chi connectivity index (χ2v) is 6.41. The van der Waals surface area contributed by atoms with E-state index >= 15 is 0 Å². The molecule has 1 saturated carbocycles. The normalized spacial score (nSPS) is 53.1. The molecule has 136 valence electrons. The standard InChI is InChI=1S/C13H27N3O7/c1-3(17)11-10(21)8(19)6(16)13(22-11)23-12-5(15)2-4(14)7(18)9(12)20/h3-13,17-21H,2,14-16H2,1H3/t3?,4-,5?,6?,7?,8?,9?,10+,11?,12-,13-/m1/s1. The molecule has 2 rings (SSSR count). The summed E-state index contributed by atoms with van der Waals surface area (Å²) in [5.74, 6) is 0. The lowest BCUT2D eigenvalue weighted by Gasteiger charge is -2.46. The highest BCUT2D eigenvalue weighted by molar-refractivity contribution is 4.99. The summed E-state index contributed by atoms with van der Waals surface area (Å²) < 4.78 is 11.0. The number of aliphatic hydroxyl groups is 5. The fourth-order valence-corrected chi connectivity index (χ4v) is 3.06. The van der Waals surface area contributed by atoms with Gasteiger partial charge in [0, 0.05) is 12.1 Å². The maximum absolute atomic E-state index is 10.1. The first-order valence-electron chi connectivity index (χ1n) is 7.63. The van der Waals surface area contributed by atoms with Crippen molar-refractivity contribution in [1.29, 1.82) is 0 Å². The zero-order valence-electron chi connectivity index (χ0n) is 12.8. The van der Waals surface area contributed by atoms with E-state index in [1.807, 2.05) is 0 Å². The third-order valence-corrected chi connectivity index (χ3v) is 4.54. The van der Waals surface area contributed by atoms with Gasteiger partial charge in [0.1, 0.15) is 30.5 Å². The zero-order valence-corrected chi connectivity index (χ0v) is 12.8. The first-order valence-corrected chi connectivity index (χ1v) is 7.63. The summed E-state index contributed by atoms with van der Waals surface area (Å²) in [5.41, 5.74) is 17.4. The van der Waals surface area contributed by atoms with Gasteiger partial charge in [-0.3, -0.25) is 0 Å². The molecule has 1 aliphatic carbocycles. The Kier molecular flexibility index (Phi) is 5.95. The van der Waals surface area contributed by atoms with E-state index in [-0.39, 0.29) is 6.42 Å². The number of hydrogen-bond acceptors (Lipinski definition) is 10. The number of rotatable bonds is 3. The summed E-state index contributed by atoms with van der Waals surface area (Å²) in [6.07, 6.45) is -9.55. The Morgan fingerprint density at radius 1 is 0.957 bits per heavy atom. The lowest BCUT2D eigenvalue weighted by molar-refractivity contribution is -0.301. The fourth-order valence-electron chi connectivity index (χ4n) is 3.06. The first-order chi connectivity index (χ1) is 10.6. The molecule has 10 heteroatoms. The van der Waals surface area contributed by atoms with Crippen LogP contribution in [0.5, 0.6) is 0 Å². The minimum Gasteiger partial charge on any atom is -0.391 e. The summed E-state index contributed by atoms with van der Waals surface area (Å²) >= 11 is 0. The van der Waals surface area contributed by atoms with E-state index in [9.17, 15) is 25.5 Å². The maximum atomic E-state index is 10.1. The second kappa shape index (κ2) is 7.23. The van der Waals surface area contributed by atoms with E-state index < -0.39 is 67.1 Å². The quantitative estimate of drug-likeness (QED) is 0.247. The minimum absolute atomic E-state index is 0.218. The van der Waals surface area contributed by atoms with Crippen LogP contribution in [-0.4, -0.2) is 92.7 Å². The van der Waals surface area contributed by atoms with E-state index in [0.29, 0.717) is 0 Å². The van der Waals surface area contributed by atoms with Crippen LogP contribution in [0.1, 0.15) is 13.3 Å². The third kappa shape index (κ3) is 3.66. The molecule has 11 N–H and O–H groups in total. The van der Waals surface area contributed by atoms with Crippen LogP contribution in [0, 0.1) is 0 Å². The molecule has 23 heavy (non-hydrogen) atoms. The van der Waals surface area contributed by atoms with Gasteiger partial charge in [0.05, 0.1) is 18.2 Å². The Morgan fingerprint density at radius 2 is 1.57 bits per heavy atom. The van der Waals surface area contributed by atoms with Gasteiger partial charge in [-0.2, -0.15) is 0 Å². The predicted octanol–water partition coefficient (Wildman–Crippen LogP) is -4.69. The molecule has 0 aromatic heterocycles. The van der Waals surface area contributed by atoms with Crippen molar-refractivity contribution in [2.75, 3.05) is 0 Å². The molecule has 10 nitrogen and oxygen atoms in total. The number of nitrogens with two attached hydrogens (primary N) is 3. The molecule has 11 atom stereocenters. The van der Waals surface area contributed by atoms with E-state index in [2.05, 4.69) is 0 Å². The summed E-state index contributed by atoms with van der Waals surface area (Å²) in [5, 5.41) is 49.4. The van der Waals surface area contributed by atoms with Crippen molar-refractivity contribution in [1.82, 2.24) is 0 Å². The van der Waals surface area contributed by atoms with E-state index in [1.54, 1.807) is 0 Å². The molecule has 1 aliphatic heterocycles. The van der Waals surface area contributed by atoms with Gasteiger partial charge in [-0.25, -0.2) is 0 Å². The van der Waals surface area contributed by atoms with Gasteiger partial charge >= 0.3 is 0 Å². The van der Waals surface area contributed by atoms with Crippen LogP contribution in [0.15, 0.2) is 0 Å². The average Bonchev–Trinajstić information content (AvgIpc) is 2.48. The Morgan fingerprint density at radius 3 is 2.13 bits per heavy atom. The molecule has 1 heterocycles. The van der Waals surface area contributed by atoms with Gasteiger partial charge in [-0.05, 0) is 13.3 Å². The molecule has 0 aromatic carbocycles. The Bertz CT molecular complexity index is 402. The zero-order chi connectivity index (χ0) is 17.5. The molecular weight excluding hydrogens is 310 g/mol. The first kappa shape index (κ1) is 18.9. The third-order valence-electron chi connectivity index (χ3n) is 4.54. The topological polar surface area (TPSA) is 198 Å². The van der Waals surface area contributed by atoms with Crippen LogP contribution in [0.4, 0.5) is 0 Å². The van der Waals surface area contributed by atoms with Crippen molar-refractivity contribution in [2.24, 2.45) is 17.2 Å². The Hall–Kier alpha value is -0.400. The Labute approximate surface area is 133 Å². The van der Waals surface area contributed by atoms with Crippen molar-refractivity contribution in [3.63, 3.8) is 0 Å². The lowest BCUT2D eigenvalue weighted by atomic mass is 9.84. The Balaban J connectivity index is 2.11. The second-order valence-electron chi connectivity index (χ2n) is 6.41. The van der Waals surface area contributed by atoms with Crippen molar-refractivity contribution >= 4 is 0 Å². The highest BCUT2D eigenvalue weighted by Crippen LogP contribution is 2.28. The molecule has 2 aliphatic rings. The van der Waals surface area contributed by atoms with Gasteiger partial charge in [0.15, 0.2) is 6.29 Å². The van der Waals surface area contributed by atoms with Gasteiger partial charge in [-0.15, -0.1) is 0 Å². The largest absolute Gasteiger partial charge is 0.391 e. The van der Waals surface area contributed by atoms with Crippen molar-refractivity contribution < 1.29 is 35.0 Å². The van der Waals surface area contributed by atoms with E-state index in [0.717, 1.165) is 0 Å². The SMILES string of the molecule is CC(O)C1O[C@H](O[C@@H]2C(N)C[C@@H](N)C(O)C2O)C(N)C(O)[C@@H]1O. The van der Waals surface area contributed by atoms with Gasteiger partial charge in [-0.1, -0.05) is 0 Å². The van der Waals surface area contributed by atoms with Gasteiger partial charge < -0.3 is 52.2 Å². The van der Waals surface area contributed by atoms with E-state index in [4.69, 9.17) is 26.7 Å². The molecule has 0 radical (unpaired) electrons. The monoisotopic (exact) mass is 337 g/mol. The van der Waals surface area contributed by atoms with Crippen LogP contribution in [0.3, 0.4) is 0 Å². The summed E-state index contributed by atoms with van der Waals surface area (Å²) in [7, 11) is 0. The lowest BCUT2D eigenvalue weighted by Crippen LogP contribution is -2.67. The molecule has 0 amide bonds. The smallest absolute Gasteiger partial charge is 0.176 e. The maximum Gasteiger partial charge on any atom is 0.176 e. The van der Waals surface area contributed by atoms with Crippen LogP contribution >= 0.6 is 0 Å². The van der Waals surface area contributed by atoms with Crippen molar-refractivity contribution in [3.05, 3.63) is 0 Å². The molecule has 0 bridgehead atoms. The van der Waals surface area contributed by atoms with E-state index in [1.165, 1.54) is 6.92 Å². The van der Waals surface area contributed by atoms with Gasteiger partial charge in [0.2, 0.25) is 0 Å². The summed E-state index contributed by atoms with van der Waals surface area (Å²) in [6, 6.07) is -2.47. The highest BCUT2D eigenvalue weighted by Gasteiger charge is 2.49. The summed E-state index contributed by atoms with van der Waals surface area (Å²) in [6.45, 7) is 1.39. The van der Waals surface area contributed by atoms with Gasteiger partial charge in [0.25, 0.3) is 0 Å². The van der Waals surface area contributed by atoms with Crippen LogP contribution in [0.25, 0.3) is 0 Å². The highest BCUT2D eigenvalue weighted by atomic mass is 16.7. The molecule has 7 unspecified atom stereocenters. The number of hydrogen-bond donors (Lipinski definition) is 8.